The number of nitrogens with one attached hydrogen (secondary N) is 2. The zero-order chi connectivity index (χ0) is 20.6. The molecule has 0 unspecified atom stereocenters. The molecule has 1 heterocycles. The van der Waals surface area contributed by atoms with Crippen molar-refractivity contribution in [2.75, 3.05) is 24.9 Å². The second kappa shape index (κ2) is 9.24. The maximum absolute atomic E-state index is 12.5. The van der Waals surface area contributed by atoms with E-state index in [9.17, 15) is 4.79 Å². The summed E-state index contributed by atoms with van der Waals surface area (Å²) in [7, 11) is 3.19. The number of hydrogen-bond donors (Lipinski definition) is 2. The summed E-state index contributed by atoms with van der Waals surface area (Å²) in [6, 6.07) is 17.8. The van der Waals surface area contributed by atoms with Crippen LogP contribution >= 0.6 is 0 Å². The normalized spacial score (nSPS) is 9.97. The van der Waals surface area contributed by atoms with Gasteiger partial charge in [-0.1, -0.05) is 6.07 Å². The minimum absolute atomic E-state index is 0.284. The number of carbonyl (C=O) groups is 1. The lowest BCUT2D eigenvalue weighted by molar-refractivity contribution is 0.102. The van der Waals surface area contributed by atoms with E-state index < -0.39 is 0 Å². The average Bonchev–Trinajstić information content (AvgIpc) is 2.78. The maximum atomic E-state index is 12.5. The van der Waals surface area contributed by atoms with Crippen molar-refractivity contribution in [3.8, 4) is 17.6 Å². The van der Waals surface area contributed by atoms with Gasteiger partial charge in [0.05, 0.1) is 25.9 Å². The lowest BCUT2D eigenvalue weighted by atomic mass is 10.2. The summed E-state index contributed by atoms with van der Waals surface area (Å²) in [5, 5.41) is 14.9. The third kappa shape index (κ3) is 5.02. The van der Waals surface area contributed by atoms with Gasteiger partial charge in [0.2, 0.25) is 0 Å². The molecule has 0 aliphatic heterocycles. The molecule has 7 heteroatoms. The first-order valence-electron chi connectivity index (χ1n) is 8.85. The fraction of sp³-hybridized carbons (Fsp3) is 0.136. The number of anilines is 2. The first kappa shape index (κ1) is 19.7. The molecule has 0 aliphatic rings. The van der Waals surface area contributed by atoms with E-state index in [0.29, 0.717) is 29.3 Å². The molecule has 2 aromatic carbocycles. The van der Waals surface area contributed by atoms with Crippen molar-refractivity contribution in [1.82, 2.24) is 4.98 Å². The van der Waals surface area contributed by atoms with Gasteiger partial charge in [-0.25, -0.2) is 0 Å². The Hall–Kier alpha value is -4.05. The lowest BCUT2D eigenvalue weighted by Crippen LogP contribution is -2.14. The Labute approximate surface area is 168 Å². The predicted octanol–water partition coefficient (Wildman–Crippen LogP) is 3.83. The minimum atomic E-state index is -0.329. The molecule has 29 heavy (non-hydrogen) atoms. The molecule has 1 amide bonds. The van der Waals surface area contributed by atoms with Crippen LogP contribution in [0.25, 0.3) is 0 Å². The van der Waals surface area contributed by atoms with Crippen LogP contribution in [0.5, 0.6) is 11.5 Å². The van der Waals surface area contributed by atoms with E-state index in [0.717, 1.165) is 11.3 Å². The van der Waals surface area contributed by atoms with Crippen LogP contribution in [0, 0.1) is 11.3 Å². The molecule has 0 aliphatic carbocycles. The lowest BCUT2D eigenvalue weighted by Gasteiger charge is -2.11. The second-order valence-electron chi connectivity index (χ2n) is 6.12. The van der Waals surface area contributed by atoms with Gasteiger partial charge in [-0.3, -0.25) is 9.78 Å². The van der Waals surface area contributed by atoms with Crippen LogP contribution in [0.2, 0.25) is 0 Å². The minimum Gasteiger partial charge on any atom is -0.493 e. The molecule has 0 radical (unpaired) electrons. The van der Waals surface area contributed by atoms with Crippen molar-refractivity contribution in [3.05, 3.63) is 77.6 Å². The van der Waals surface area contributed by atoms with E-state index in [1.807, 2.05) is 24.3 Å². The van der Waals surface area contributed by atoms with Crippen molar-refractivity contribution in [2.45, 2.75) is 6.54 Å². The van der Waals surface area contributed by atoms with Gasteiger partial charge >= 0.3 is 0 Å². The van der Waals surface area contributed by atoms with Crippen molar-refractivity contribution >= 4 is 17.3 Å². The van der Waals surface area contributed by atoms with Crippen molar-refractivity contribution in [2.24, 2.45) is 0 Å². The van der Waals surface area contributed by atoms with Crippen LogP contribution in [-0.2, 0) is 6.54 Å². The van der Waals surface area contributed by atoms with E-state index in [4.69, 9.17) is 14.7 Å². The van der Waals surface area contributed by atoms with E-state index in [1.165, 1.54) is 0 Å². The van der Waals surface area contributed by atoms with Crippen LogP contribution in [-0.4, -0.2) is 25.1 Å². The molecular formula is C22H20N4O3. The van der Waals surface area contributed by atoms with Gasteiger partial charge in [-0.2, -0.15) is 5.26 Å². The summed E-state index contributed by atoms with van der Waals surface area (Å²) >= 11 is 0. The SMILES string of the molecule is COc1ccc(CNc2ccnc(C(=O)Nc3ccc(C#N)cc3)c2)cc1OC. The molecule has 0 saturated heterocycles. The average molecular weight is 388 g/mol. The van der Waals surface area contributed by atoms with Gasteiger partial charge < -0.3 is 20.1 Å². The van der Waals surface area contributed by atoms with E-state index in [2.05, 4.69) is 15.6 Å². The number of pyridine rings is 1. The molecule has 0 fully saturated rings. The summed E-state index contributed by atoms with van der Waals surface area (Å²) in [5.74, 6) is 0.996. The van der Waals surface area contributed by atoms with Gasteiger partial charge in [0, 0.05) is 24.1 Å². The number of methoxy groups -OCH3 is 2. The zero-order valence-corrected chi connectivity index (χ0v) is 16.1. The van der Waals surface area contributed by atoms with E-state index in [-0.39, 0.29) is 11.6 Å². The largest absolute Gasteiger partial charge is 0.493 e. The molecule has 146 valence electrons. The molecule has 0 spiro atoms. The molecule has 7 nitrogen and oxygen atoms in total. The Morgan fingerprint density at radius 3 is 2.45 bits per heavy atom. The number of rotatable bonds is 7. The molecule has 0 atom stereocenters. The molecular weight excluding hydrogens is 368 g/mol. The first-order chi connectivity index (χ1) is 14.1. The summed E-state index contributed by atoms with van der Waals surface area (Å²) in [4.78, 5) is 16.6. The van der Waals surface area contributed by atoms with Gasteiger partial charge in [-0.05, 0) is 54.1 Å². The van der Waals surface area contributed by atoms with Crippen molar-refractivity contribution in [1.29, 1.82) is 5.26 Å². The summed E-state index contributed by atoms with van der Waals surface area (Å²) in [5.41, 5.74) is 3.18. The Bertz CT molecular complexity index is 1040. The fourth-order valence-electron chi connectivity index (χ4n) is 2.68. The number of benzene rings is 2. The Morgan fingerprint density at radius 1 is 1.00 bits per heavy atom. The van der Waals surface area contributed by atoms with Gasteiger partial charge in [0.25, 0.3) is 5.91 Å². The quantitative estimate of drug-likeness (QED) is 0.638. The highest BCUT2D eigenvalue weighted by atomic mass is 16.5. The number of hydrogen-bond acceptors (Lipinski definition) is 6. The zero-order valence-electron chi connectivity index (χ0n) is 16.1. The number of aromatic nitrogens is 1. The number of amides is 1. The third-order valence-corrected chi connectivity index (χ3v) is 4.21. The van der Waals surface area contributed by atoms with E-state index >= 15 is 0 Å². The molecule has 1 aromatic heterocycles. The third-order valence-electron chi connectivity index (χ3n) is 4.21. The smallest absolute Gasteiger partial charge is 0.274 e. The van der Waals surface area contributed by atoms with Gasteiger partial charge in [0.1, 0.15) is 5.69 Å². The van der Waals surface area contributed by atoms with Crippen molar-refractivity contribution in [3.63, 3.8) is 0 Å². The Balaban J connectivity index is 1.66. The summed E-state index contributed by atoms with van der Waals surface area (Å²) < 4.78 is 10.6. The fourth-order valence-corrected chi connectivity index (χ4v) is 2.68. The molecule has 0 bridgehead atoms. The second-order valence-corrected chi connectivity index (χ2v) is 6.12. The van der Waals surface area contributed by atoms with Crippen LogP contribution in [0.3, 0.4) is 0 Å². The Kier molecular flexibility index (Phi) is 6.28. The van der Waals surface area contributed by atoms with Crippen LogP contribution in [0.1, 0.15) is 21.6 Å². The molecule has 2 N–H and O–H groups in total. The number of nitrogens with zero attached hydrogens (tertiary/aromatic N) is 2. The van der Waals surface area contributed by atoms with E-state index in [1.54, 1.807) is 56.8 Å². The van der Waals surface area contributed by atoms with Gasteiger partial charge in [0.15, 0.2) is 11.5 Å². The molecule has 3 aromatic rings. The standard InChI is InChI=1S/C22H20N4O3/c1-28-20-8-5-16(11-21(20)29-2)14-25-18-9-10-24-19(12-18)22(27)26-17-6-3-15(13-23)4-7-17/h3-12H,14H2,1-2H3,(H,24,25)(H,26,27). The number of ether oxygens (including phenoxy) is 2. The van der Waals surface area contributed by atoms with Crippen LogP contribution < -0.4 is 20.1 Å². The van der Waals surface area contributed by atoms with Gasteiger partial charge in [-0.15, -0.1) is 0 Å². The predicted molar refractivity (Wildman–Crippen MR) is 110 cm³/mol. The number of carbonyl (C=O) groups excluding carboxylic acids is 1. The first-order valence-corrected chi connectivity index (χ1v) is 8.85. The highest BCUT2D eigenvalue weighted by Gasteiger charge is 2.09. The molecule has 0 saturated carbocycles. The monoisotopic (exact) mass is 388 g/mol. The van der Waals surface area contributed by atoms with Crippen molar-refractivity contribution < 1.29 is 14.3 Å². The molecule has 3 rings (SSSR count). The summed E-state index contributed by atoms with van der Waals surface area (Å²) in [6.45, 7) is 0.543. The topological polar surface area (TPSA) is 96.3 Å². The summed E-state index contributed by atoms with van der Waals surface area (Å²) in [6.07, 6.45) is 1.57. The number of nitriles is 1. The highest BCUT2D eigenvalue weighted by Crippen LogP contribution is 2.27. The van der Waals surface area contributed by atoms with Crippen LogP contribution in [0.15, 0.2) is 60.8 Å². The maximum Gasteiger partial charge on any atom is 0.274 e. The highest BCUT2D eigenvalue weighted by molar-refractivity contribution is 6.03. The Morgan fingerprint density at radius 2 is 1.76 bits per heavy atom. The van der Waals surface area contributed by atoms with Crippen LogP contribution in [0.4, 0.5) is 11.4 Å².